The van der Waals surface area contributed by atoms with Crippen LogP contribution in [0.5, 0.6) is 0 Å². The van der Waals surface area contributed by atoms with Gasteiger partial charge in [0.05, 0.1) is 5.25 Å². The summed E-state index contributed by atoms with van der Waals surface area (Å²) in [6.45, 7) is 2.92. The minimum Gasteiger partial charge on any atom is -0.311 e. The van der Waals surface area contributed by atoms with Crippen molar-refractivity contribution in [2.75, 3.05) is 12.8 Å². The van der Waals surface area contributed by atoms with Gasteiger partial charge in [0.1, 0.15) is 0 Å². The lowest BCUT2D eigenvalue weighted by molar-refractivity contribution is 0.577. The van der Waals surface area contributed by atoms with Crippen LogP contribution in [-0.2, 0) is 16.4 Å². The Balaban J connectivity index is 2.35. The van der Waals surface area contributed by atoms with Crippen LogP contribution in [0.25, 0.3) is 0 Å². The van der Waals surface area contributed by atoms with E-state index in [-0.39, 0.29) is 5.25 Å². The van der Waals surface area contributed by atoms with Crippen molar-refractivity contribution >= 4 is 9.84 Å². The van der Waals surface area contributed by atoms with E-state index in [2.05, 4.69) is 5.32 Å². The summed E-state index contributed by atoms with van der Waals surface area (Å²) < 4.78 is 22.3. The molecule has 0 bridgehead atoms. The molecule has 0 fully saturated rings. The van der Waals surface area contributed by atoms with Gasteiger partial charge in [-0.2, -0.15) is 0 Å². The Labute approximate surface area is 91.4 Å². The SMILES string of the molecule is CC(CNCc1ccccc1)S(C)(=O)=O. The van der Waals surface area contributed by atoms with Crippen LogP contribution in [-0.4, -0.2) is 26.5 Å². The highest BCUT2D eigenvalue weighted by Crippen LogP contribution is 1.99. The monoisotopic (exact) mass is 227 g/mol. The lowest BCUT2D eigenvalue weighted by Crippen LogP contribution is -2.30. The molecule has 0 aliphatic heterocycles. The van der Waals surface area contributed by atoms with E-state index in [1.54, 1.807) is 6.92 Å². The lowest BCUT2D eigenvalue weighted by Gasteiger charge is -2.10. The molecule has 0 aliphatic carbocycles. The fourth-order valence-corrected chi connectivity index (χ4v) is 1.59. The molecule has 1 unspecified atom stereocenters. The van der Waals surface area contributed by atoms with Crippen molar-refractivity contribution in [2.24, 2.45) is 0 Å². The predicted octanol–water partition coefficient (Wildman–Crippen LogP) is 1.21. The Hall–Kier alpha value is -0.870. The van der Waals surface area contributed by atoms with Crippen LogP contribution in [0.3, 0.4) is 0 Å². The Morgan fingerprint density at radius 3 is 2.40 bits per heavy atom. The zero-order valence-electron chi connectivity index (χ0n) is 9.10. The van der Waals surface area contributed by atoms with Crippen molar-refractivity contribution in [3.63, 3.8) is 0 Å². The molecule has 0 heterocycles. The summed E-state index contributed by atoms with van der Waals surface area (Å²) in [7, 11) is -2.92. The highest BCUT2D eigenvalue weighted by molar-refractivity contribution is 7.91. The Kier molecular flexibility index (Phi) is 4.29. The largest absolute Gasteiger partial charge is 0.311 e. The maximum Gasteiger partial charge on any atom is 0.151 e. The third-order valence-electron chi connectivity index (χ3n) is 2.33. The first-order valence-corrected chi connectivity index (χ1v) is 6.89. The minimum atomic E-state index is -2.92. The van der Waals surface area contributed by atoms with Crippen LogP contribution in [0, 0.1) is 0 Å². The van der Waals surface area contributed by atoms with E-state index in [4.69, 9.17) is 0 Å². The molecule has 1 N–H and O–H groups in total. The molecule has 0 radical (unpaired) electrons. The van der Waals surface area contributed by atoms with Crippen LogP contribution in [0.2, 0.25) is 0 Å². The van der Waals surface area contributed by atoms with E-state index in [1.165, 1.54) is 11.8 Å². The smallest absolute Gasteiger partial charge is 0.151 e. The molecule has 0 aromatic heterocycles. The van der Waals surface area contributed by atoms with Gasteiger partial charge in [-0.1, -0.05) is 30.3 Å². The van der Waals surface area contributed by atoms with E-state index in [0.29, 0.717) is 13.1 Å². The summed E-state index contributed by atoms with van der Waals surface area (Å²) in [4.78, 5) is 0. The zero-order chi connectivity index (χ0) is 11.3. The van der Waals surface area contributed by atoms with Gasteiger partial charge in [0, 0.05) is 19.3 Å². The maximum atomic E-state index is 11.1. The number of nitrogens with one attached hydrogen (secondary N) is 1. The molecular weight excluding hydrogens is 210 g/mol. The minimum absolute atomic E-state index is 0.332. The first kappa shape index (κ1) is 12.2. The van der Waals surface area contributed by atoms with Crippen LogP contribution >= 0.6 is 0 Å². The average Bonchev–Trinajstić information content (AvgIpc) is 2.18. The van der Waals surface area contributed by atoms with Crippen LogP contribution in [0.1, 0.15) is 12.5 Å². The second kappa shape index (κ2) is 5.28. The van der Waals surface area contributed by atoms with Crippen molar-refractivity contribution in [2.45, 2.75) is 18.7 Å². The summed E-state index contributed by atoms with van der Waals surface area (Å²) in [6, 6.07) is 9.92. The lowest BCUT2D eigenvalue weighted by atomic mass is 10.2. The topological polar surface area (TPSA) is 46.2 Å². The zero-order valence-corrected chi connectivity index (χ0v) is 9.92. The van der Waals surface area contributed by atoms with E-state index in [9.17, 15) is 8.42 Å². The van der Waals surface area contributed by atoms with E-state index in [0.717, 1.165) is 0 Å². The molecule has 1 rings (SSSR count). The van der Waals surface area contributed by atoms with Crippen molar-refractivity contribution in [3.8, 4) is 0 Å². The molecule has 4 heteroatoms. The maximum absolute atomic E-state index is 11.1. The number of hydrogen-bond acceptors (Lipinski definition) is 3. The number of sulfone groups is 1. The normalized spacial score (nSPS) is 13.7. The first-order valence-electron chi connectivity index (χ1n) is 4.93. The Bertz CT molecular complexity index is 386. The van der Waals surface area contributed by atoms with Crippen LogP contribution in [0.15, 0.2) is 30.3 Å². The quantitative estimate of drug-likeness (QED) is 0.822. The first-order chi connectivity index (χ1) is 7.00. The molecular formula is C11H17NO2S. The summed E-state index contributed by atoms with van der Waals surface area (Å²) in [5.41, 5.74) is 1.17. The summed E-state index contributed by atoms with van der Waals surface area (Å²) in [6.07, 6.45) is 1.27. The van der Waals surface area contributed by atoms with Gasteiger partial charge in [-0.05, 0) is 12.5 Å². The summed E-state index contributed by atoms with van der Waals surface area (Å²) >= 11 is 0. The van der Waals surface area contributed by atoms with E-state index < -0.39 is 9.84 Å². The second-order valence-electron chi connectivity index (χ2n) is 3.76. The van der Waals surface area contributed by atoms with Crippen molar-refractivity contribution in [1.82, 2.24) is 5.32 Å². The van der Waals surface area contributed by atoms with Crippen molar-refractivity contribution in [1.29, 1.82) is 0 Å². The number of hydrogen-bond donors (Lipinski definition) is 1. The molecule has 3 nitrogen and oxygen atoms in total. The van der Waals surface area contributed by atoms with E-state index >= 15 is 0 Å². The third kappa shape index (κ3) is 4.44. The molecule has 1 atom stereocenters. The number of benzene rings is 1. The van der Waals surface area contributed by atoms with Gasteiger partial charge in [-0.25, -0.2) is 8.42 Å². The fourth-order valence-electron chi connectivity index (χ4n) is 1.17. The molecule has 0 saturated heterocycles. The molecule has 1 aromatic rings. The molecule has 1 aromatic carbocycles. The molecule has 0 spiro atoms. The van der Waals surface area contributed by atoms with Gasteiger partial charge in [0.15, 0.2) is 9.84 Å². The van der Waals surface area contributed by atoms with Crippen molar-refractivity contribution in [3.05, 3.63) is 35.9 Å². The fraction of sp³-hybridized carbons (Fsp3) is 0.455. The van der Waals surface area contributed by atoms with Gasteiger partial charge in [0.2, 0.25) is 0 Å². The van der Waals surface area contributed by atoms with E-state index in [1.807, 2.05) is 30.3 Å². The Morgan fingerprint density at radius 2 is 1.87 bits per heavy atom. The Morgan fingerprint density at radius 1 is 1.27 bits per heavy atom. The average molecular weight is 227 g/mol. The second-order valence-corrected chi connectivity index (χ2v) is 6.22. The summed E-state index contributed by atoms with van der Waals surface area (Å²) in [5, 5.41) is 2.80. The van der Waals surface area contributed by atoms with Gasteiger partial charge in [-0.3, -0.25) is 0 Å². The standard InChI is InChI=1S/C11H17NO2S/c1-10(15(2,13)14)8-12-9-11-6-4-3-5-7-11/h3-7,10,12H,8-9H2,1-2H3. The van der Waals surface area contributed by atoms with Gasteiger partial charge in [0.25, 0.3) is 0 Å². The van der Waals surface area contributed by atoms with Gasteiger partial charge < -0.3 is 5.32 Å². The molecule has 15 heavy (non-hydrogen) atoms. The van der Waals surface area contributed by atoms with Gasteiger partial charge >= 0.3 is 0 Å². The predicted molar refractivity (Wildman–Crippen MR) is 62.5 cm³/mol. The molecule has 0 amide bonds. The van der Waals surface area contributed by atoms with Crippen LogP contribution in [0.4, 0.5) is 0 Å². The van der Waals surface area contributed by atoms with Crippen LogP contribution < -0.4 is 5.32 Å². The number of rotatable bonds is 5. The van der Waals surface area contributed by atoms with Gasteiger partial charge in [-0.15, -0.1) is 0 Å². The summed E-state index contributed by atoms with van der Waals surface area (Å²) in [5.74, 6) is 0. The molecule has 0 saturated carbocycles. The molecule has 84 valence electrons. The third-order valence-corrected chi connectivity index (χ3v) is 3.96. The highest BCUT2D eigenvalue weighted by Gasteiger charge is 2.13. The van der Waals surface area contributed by atoms with Crippen molar-refractivity contribution < 1.29 is 8.42 Å². The highest BCUT2D eigenvalue weighted by atomic mass is 32.2. The molecule has 0 aliphatic rings.